The molecule has 0 fully saturated rings. The first-order valence-corrected chi connectivity index (χ1v) is 8.60. The standard InChI is InChI=1S/C16H12ClF3N4.C2HF3O2/c17-14-6-12(24-9-15-22-3-4-23-15)1-2-13(14)10-5-11(8-21-7-10)16(18,19)20;3-2(4,5)1(6)7/h1-8,24H,9H2,(H,22,23);(H,6,7). The highest BCUT2D eigenvalue weighted by Crippen LogP contribution is 2.34. The number of nitrogens with one attached hydrogen (secondary N) is 2. The van der Waals surface area contributed by atoms with E-state index in [4.69, 9.17) is 21.5 Å². The smallest absolute Gasteiger partial charge is 0.475 e. The summed E-state index contributed by atoms with van der Waals surface area (Å²) in [7, 11) is 0. The van der Waals surface area contributed by atoms with Crippen molar-refractivity contribution < 1.29 is 36.2 Å². The first-order chi connectivity index (χ1) is 14.4. The summed E-state index contributed by atoms with van der Waals surface area (Å²) in [5, 5.41) is 10.6. The van der Waals surface area contributed by atoms with Gasteiger partial charge in [-0.1, -0.05) is 17.7 Å². The van der Waals surface area contributed by atoms with Gasteiger partial charge in [-0.15, -0.1) is 0 Å². The Balaban J connectivity index is 0.000000423. The van der Waals surface area contributed by atoms with Crippen molar-refractivity contribution in [1.82, 2.24) is 15.0 Å². The first kappa shape index (κ1) is 24.0. The zero-order valence-corrected chi connectivity index (χ0v) is 16.0. The van der Waals surface area contributed by atoms with Crippen LogP contribution in [0.5, 0.6) is 0 Å². The monoisotopic (exact) mass is 466 g/mol. The fourth-order valence-corrected chi connectivity index (χ4v) is 2.47. The van der Waals surface area contributed by atoms with Crippen LogP contribution >= 0.6 is 11.6 Å². The van der Waals surface area contributed by atoms with Crippen LogP contribution in [0.2, 0.25) is 5.02 Å². The number of hydrogen-bond donors (Lipinski definition) is 3. The maximum atomic E-state index is 12.8. The van der Waals surface area contributed by atoms with Gasteiger partial charge in [-0.05, 0) is 18.2 Å². The summed E-state index contributed by atoms with van der Waals surface area (Å²) in [4.78, 5) is 19.6. The number of aromatic amines is 1. The Morgan fingerprint density at radius 2 is 1.81 bits per heavy atom. The van der Waals surface area contributed by atoms with E-state index in [1.54, 1.807) is 30.6 Å². The Hall–Kier alpha value is -3.28. The lowest BCUT2D eigenvalue weighted by Gasteiger charge is -2.11. The zero-order chi connectivity index (χ0) is 23.2. The number of hydrogen-bond acceptors (Lipinski definition) is 4. The number of alkyl halides is 6. The molecule has 0 aliphatic rings. The van der Waals surface area contributed by atoms with Gasteiger partial charge in [-0.3, -0.25) is 4.98 Å². The second kappa shape index (κ2) is 9.69. The van der Waals surface area contributed by atoms with E-state index in [1.807, 2.05) is 0 Å². The number of carboxylic acid groups (broad SMARTS) is 1. The Kier molecular flexibility index (Phi) is 7.50. The van der Waals surface area contributed by atoms with Crippen LogP contribution in [0.1, 0.15) is 11.4 Å². The van der Waals surface area contributed by atoms with Crippen LogP contribution < -0.4 is 5.32 Å². The minimum absolute atomic E-state index is 0.312. The quantitative estimate of drug-likeness (QED) is 0.448. The van der Waals surface area contributed by atoms with Gasteiger partial charge in [0.1, 0.15) is 5.82 Å². The van der Waals surface area contributed by atoms with Crippen LogP contribution in [0.4, 0.5) is 32.0 Å². The molecule has 2 heterocycles. The van der Waals surface area contributed by atoms with Crippen molar-refractivity contribution in [2.24, 2.45) is 0 Å². The summed E-state index contributed by atoms with van der Waals surface area (Å²) < 4.78 is 70.1. The molecule has 0 aliphatic carbocycles. The molecule has 2 aromatic heterocycles. The average Bonchev–Trinajstić information content (AvgIpc) is 3.19. The molecule has 0 unspecified atom stereocenters. The molecule has 0 bridgehead atoms. The van der Waals surface area contributed by atoms with E-state index in [9.17, 15) is 26.3 Å². The van der Waals surface area contributed by atoms with Crippen molar-refractivity contribution in [2.75, 3.05) is 5.32 Å². The van der Waals surface area contributed by atoms with Gasteiger partial charge in [-0.25, -0.2) is 9.78 Å². The number of carbonyl (C=O) groups is 1. The number of pyridine rings is 1. The number of aliphatic carboxylic acids is 1. The fraction of sp³-hybridized carbons (Fsp3) is 0.167. The molecule has 13 heteroatoms. The van der Waals surface area contributed by atoms with Crippen molar-refractivity contribution in [3.63, 3.8) is 0 Å². The minimum atomic E-state index is -5.08. The molecular formula is C18H13ClF6N4O2. The fourth-order valence-electron chi connectivity index (χ4n) is 2.18. The summed E-state index contributed by atoms with van der Waals surface area (Å²) >= 11 is 6.22. The number of H-pyrrole nitrogens is 1. The van der Waals surface area contributed by atoms with E-state index in [0.29, 0.717) is 22.7 Å². The summed E-state index contributed by atoms with van der Waals surface area (Å²) in [5.74, 6) is -2.00. The van der Waals surface area contributed by atoms with Gasteiger partial charge in [0.25, 0.3) is 0 Å². The summed E-state index contributed by atoms with van der Waals surface area (Å²) in [6, 6.07) is 6.08. The number of anilines is 1. The molecule has 31 heavy (non-hydrogen) atoms. The highest BCUT2D eigenvalue weighted by Gasteiger charge is 2.38. The second-order valence-electron chi connectivity index (χ2n) is 5.85. The van der Waals surface area contributed by atoms with E-state index in [-0.39, 0.29) is 0 Å². The Morgan fingerprint density at radius 3 is 2.32 bits per heavy atom. The predicted molar refractivity (Wildman–Crippen MR) is 99.3 cm³/mol. The largest absolute Gasteiger partial charge is 0.490 e. The third-order valence-electron chi connectivity index (χ3n) is 3.60. The lowest BCUT2D eigenvalue weighted by Crippen LogP contribution is -2.21. The second-order valence-corrected chi connectivity index (χ2v) is 6.25. The molecular weight excluding hydrogens is 454 g/mol. The molecule has 0 saturated carbocycles. The topological polar surface area (TPSA) is 90.9 Å². The molecule has 1 aromatic carbocycles. The molecule has 3 aromatic rings. The Morgan fingerprint density at radius 1 is 1.13 bits per heavy atom. The average molecular weight is 467 g/mol. The maximum absolute atomic E-state index is 12.8. The molecule has 0 radical (unpaired) electrons. The zero-order valence-electron chi connectivity index (χ0n) is 15.2. The van der Waals surface area contributed by atoms with Gasteiger partial charge in [0.2, 0.25) is 0 Å². The maximum Gasteiger partial charge on any atom is 0.490 e. The molecule has 3 rings (SSSR count). The number of rotatable bonds is 4. The molecule has 0 atom stereocenters. The summed E-state index contributed by atoms with van der Waals surface area (Å²) in [5.41, 5.74) is 0.724. The molecule has 166 valence electrons. The molecule has 6 nitrogen and oxygen atoms in total. The van der Waals surface area contributed by atoms with Gasteiger partial charge in [-0.2, -0.15) is 26.3 Å². The number of benzene rings is 1. The van der Waals surface area contributed by atoms with Crippen LogP contribution in [0.25, 0.3) is 11.1 Å². The molecule has 0 amide bonds. The minimum Gasteiger partial charge on any atom is -0.475 e. The highest BCUT2D eigenvalue weighted by molar-refractivity contribution is 6.33. The summed E-state index contributed by atoms with van der Waals surface area (Å²) in [6.45, 7) is 0.480. The Bertz CT molecular complexity index is 1020. The van der Waals surface area contributed by atoms with Gasteiger partial charge in [0.05, 0.1) is 17.1 Å². The van der Waals surface area contributed by atoms with Crippen LogP contribution in [0.15, 0.2) is 49.1 Å². The molecule has 0 spiro atoms. The van der Waals surface area contributed by atoms with E-state index in [2.05, 4.69) is 20.3 Å². The van der Waals surface area contributed by atoms with E-state index >= 15 is 0 Å². The predicted octanol–water partition coefficient (Wildman–Crippen LogP) is 5.39. The van der Waals surface area contributed by atoms with Crippen molar-refractivity contribution in [1.29, 1.82) is 0 Å². The van der Waals surface area contributed by atoms with Gasteiger partial charge < -0.3 is 15.4 Å². The molecule has 0 aliphatic heterocycles. The number of imidazole rings is 1. The van der Waals surface area contributed by atoms with Crippen molar-refractivity contribution in [3.05, 3.63) is 65.5 Å². The SMILES string of the molecule is FC(F)(F)c1cncc(-c2ccc(NCc3ncc[nH]3)cc2Cl)c1.O=C(O)C(F)(F)F. The number of halogens is 7. The van der Waals surface area contributed by atoms with Crippen LogP contribution in [0, 0.1) is 0 Å². The summed E-state index contributed by atoms with van der Waals surface area (Å²) in [6.07, 6.45) is -4.02. The number of carboxylic acids is 1. The van der Waals surface area contributed by atoms with Crippen LogP contribution in [-0.2, 0) is 17.5 Å². The van der Waals surface area contributed by atoms with Crippen molar-refractivity contribution >= 4 is 23.3 Å². The van der Waals surface area contributed by atoms with E-state index < -0.39 is 23.9 Å². The number of nitrogens with zero attached hydrogens (tertiary/aromatic N) is 2. The van der Waals surface area contributed by atoms with Gasteiger partial charge in [0.15, 0.2) is 0 Å². The third-order valence-corrected chi connectivity index (χ3v) is 3.92. The van der Waals surface area contributed by atoms with Gasteiger partial charge >= 0.3 is 18.3 Å². The lowest BCUT2D eigenvalue weighted by atomic mass is 10.1. The third kappa shape index (κ3) is 7.17. The van der Waals surface area contributed by atoms with E-state index in [1.165, 1.54) is 6.20 Å². The van der Waals surface area contributed by atoms with Gasteiger partial charge in [0, 0.05) is 41.6 Å². The molecule has 0 saturated heterocycles. The lowest BCUT2D eigenvalue weighted by molar-refractivity contribution is -0.192. The normalized spacial score (nSPS) is 11.5. The van der Waals surface area contributed by atoms with Crippen LogP contribution in [-0.4, -0.2) is 32.2 Å². The van der Waals surface area contributed by atoms with Crippen molar-refractivity contribution in [3.8, 4) is 11.1 Å². The number of aromatic nitrogens is 3. The highest BCUT2D eigenvalue weighted by atomic mass is 35.5. The van der Waals surface area contributed by atoms with Crippen molar-refractivity contribution in [2.45, 2.75) is 18.9 Å². The van der Waals surface area contributed by atoms with Crippen LogP contribution in [0.3, 0.4) is 0 Å². The molecule has 3 N–H and O–H groups in total. The first-order valence-electron chi connectivity index (χ1n) is 8.22. The Labute approximate surface area is 175 Å². The van der Waals surface area contributed by atoms with E-state index in [0.717, 1.165) is 23.8 Å².